The first-order valence-electron chi connectivity index (χ1n) is 4.30. The first kappa shape index (κ1) is 11.2. The van der Waals surface area contributed by atoms with Crippen LogP contribution in [0.4, 0.5) is 0 Å². The molecule has 0 atom stereocenters. The molecule has 0 aromatic carbocycles. The van der Waals surface area contributed by atoms with E-state index in [0.717, 1.165) is 10.7 Å². The van der Waals surface area contributed by atoms with Crippen LogP contribution >= 0.6 is 0 Å². The SMILES string of the molecule is CC(C)(C)n1nc(C(=O)O)c(O)cc1=O. The van der Waals surface area contributed by atoms with Crippen molar-refractivity contribution >= 4 is 5.97 Å². The number of rotatable bonds is 1. The van der Waals surface area contributed by atoms with E-state index in [9.17, 15) is 14.7 Å². The highest BCUT2D eigenvalue weighted by Gasteiger charge is 2.21. The van der Waals surface area contributed by atoms with Gasteiger partial charge in [-0.25, -0.2) is 9.48 Å². The van der Waals surface area contributed by atoms with E-state index in [0.29, 0.717) is 0 Å². The van der Waals surface area contributed by atoms with E-state index in [1.54, 1.807) is 20.8 Å². The van der Waals surface area contributed by atoms with E-state index in [-0.39, 0.29) is 0 Å². The van der Waals surface area contributed by atoms with Crippen molar-refractivity contribution in [1.29, 1.82) is 0 Å². The van der Waals surface area contributed by atoms with Crippen molar-refractivity contribution in [2.24, 2.45) is 0 Å². The Hall–Kier alpha value is -1.85. The molecule has 1 heterocycles. The molecule has 0 aliphatic carbocycles. The van der Waals surface area contributed by atoms with Gasteiger partial charge in [0.1, 0.15) is 0 Å². The first-order valence-corrected chi connectivity index (χ1v) is 4.30. The Morgan fingerprint density at radius 3 is 2.40 bits per heavy atom. The zero-order valence-corrected chi connectivity index (χ0v) is 8.68. The molecule has 0 bridgehead atoms. The van der Waals surface area contributed by atoms with Crippen LogP contribution in [0, 0.1) is 0 Å². The average molecular weight is 212 g/mol. The lowest BCUT2D eigenvalue weighted by Gasteiger charge is -2.20. The molecule has 0 unspecified atom stereocenters. The van der Waals surface area contributed by atoms with Gasteiger partial charge in [-0.1, -0.05) is 0 Å². The van der Waals surface area contributed by atoms with Gasteiger partial charge in [-0.15, -0.1) is 0 Å². The van der Waals surface area contributed by atoms with Gasteiger partial charge >= 0.3 is 5.97 Å². The van der Waals surface area contributed by atoms with E-state index < -0.39 is 28.5 Å². The molecule has 0 saturated carbocycles. The lowest BCUT2D eigenvalue weighted by atomic mass is 10.1. The molecule has 0 aliphatic heterocycles. The number of carboxylic acid groups (broad SMARTS) is 1. The molecule has 1 aromatic rings. The quantitative estimate of drug-likeness (QED) is 0.703. The zero-order valence-electron chi connectivity index (χ0n) is 8.68. The van der Waals surface area contributed by atoms with Crippen LogP contribution < -0.4 is 5.56 Å². The number of hydrogen-bond acceptors (Lipinski definition) is 4. The molecule has 0 radical (unpaired) electrons. The summed E-state index contributed by atoms with van der Waals surface area (Å²) in [7, 11) is 0. The third kappa shape index (κ3) is 2.15. The number of aromatic nitrogens is 2. The minimum Gasteiger partial charge on any atom is -0.505 e. The number of aromatic carboxylic acids is 1. The van der Waals surface area contributed by atoms with E-state index in [2.05, 4.69) is 5.10 Å². The maximum atomic E-state index is 11.4. The highest BCUT2D eigenvalue weighted by Crippen LogP contribution is 2.14. The Labute approximate surface area is 85.8 Å². The van der Waals surface area contributed by atoms with Crippen LogP contribution in [0.15, 0.2) is 10.9 Å². The summed E-state index contributed by atoms with van der Waals surface area (Å²) in [6.45, 7) is 5.14. The summed E-state index contributed by atoms with van der Waals surface area (Å²) >= 11 is 0. The smallest absolute Gasteiger partial charge is 0.360 e. The third-order valence-electron chi connectivity index (χ3n) is 1.75. The van der Waals surface area contributed by atoms with E-state index in [1.165, 1.54) is 0 Å². The molecule has 15 heavy (non-hydrogen) atoms. The van der Waals surface area contributed by atoms with Gasteiger partial charge in [0.25, 0.3) is 5.56 Å². The molecule has 82 valence electrons. The van der Waals surface area contributed by atoms with Gasteiger partial charge in [0.2, 0.25) is 5.69 Å². The minimum absolute atomic E-state index is 0.524. The van der Waals surface area contributed by atoms with Crippen LogP contribution in [-0.2, 0) is 5.54 Å². The molecule has 6 heteroatoms. The first-order chi connectivity index (χ1) is 6.73. The van der Waals surface area contributed by atoms with Crippen molar-refractivity contribution < 1.29 is 15.0 Å². The average Bonchev–Trinajstić information content (AvgIpc) is 2.00. The Kier molecular flexibility index (Phi) is 2.53. The highest BCUT2D eigenvalue weighted by atomic mass is 16.4. The summed E-state index contributed by atoms with van der Waals surface area (Å²) in [5, 5.41) is 21.5. The van der Waals surface area contributed by atoms with Gasteiger partial charge in [-0.05, 0) is 20.8 Å². The Morgan fingerprint density at radius 1 is 1.47 bits per heavy atom. The third-order valence-corrected chi connectivity index (χ3v) is 1.75. The number of carbonyl (C=O) groups is 1. The van der Waals surface area contributed by atoms with Gasteiger partial charge in [0.15, 0.2) is 5.75 Å². The van der Waals surface area contributed by atoms with Crippen molar-refractivity contribution in [1.82, 2.24) is 9.78 Å². The van der Waals surface area contributed by atoms with Crippen molar-refractivity contribution in [3.63, 3.8) is 0 Å². The van der Waals surface area contributed by atoms with Gasteiger partial charge in [-0.3, -0.25) is 4.79 Å². The van der Waals surface area contributed by atoms with Crippen LogP contribution in [-0.4, -0.2) is 26.0 Å². The largest absolute Gasteiger partial charge is 0.505 e. The molecule has 1 rings (SSSR count). The van der Waals surface area contributed by atoms with Crippen LogP contribution in [0.5, 0.6) is 5.75 Å². The Bertz CT molecular complexity index is 456. The van der Waals surface area contributed by atoms with Crippen LogP contribution in [0.1, 0.15) is 31.3 Å². The molecule has 0 fully saturated rings. The van der Waals surface area contributed by atoms with E-state index in [1.807, 2.05) is 0 Å². The molecule has 0 saturated heterocycles. The number of carboxylic acids is 1. The normalized spacial score (nSPS) is 11.4. The van der Waals surface area contributed by atoms with Crippen LogP contribution in [0.2, 0.25) is 0 Å². The van der Waals surface area contributed by atoms with Crippen LogP contribution in [0.25, 0.3) is 0 Å². The molecule has 0 spiro atoms. The van der Waals surface area contributed by atoms with Crippen molar-refractivity contribution in [2.45, 2.75) is 26.3 Å². The highest BCUT2D eigenvalue weighted by molar-refractivity contribution is 5.87. The fourth-order valence-electron chi connectivity index (χ4n) is 1.08. The molecule has 2 N–H and O–H groups in total. The van der Waals surface area contributed by atoms with Gasteiger partial charge in [-0.2, -0.15) is 5.10 Å². The van der Waals surface area contributed by atoms with Gasteiger partial charge in [0.05, 0.1) is 5.54 Å². The maximum Gasteiger partial charge on any atom is 0.360 e. The minimum atomic E-state index is -1.37. The summed E-state index contributed by atoms with van der Waals surface area (Å²) in [6, 6.07) is 0.849. The van der Waals surface area contributed by atoms with Crippen molar-refractivity contribution in [3.8, 4) is 5.75 Å². The summed E-state index contributed by atoms with van der Waals surface area (Å²) < 4.78 is 1.02. The van der Waals surface area contributed by atoms with Gasteiger partial charge in [0, 0.05) is 6.07 Å². The fraction of sp³-hybridized carbons (Fsp3) is 0.444. The van der Waals surface area contributed by atoms with Crippen molar-refractivity contribution in [2.75, 3.05) is 0 Å². The summed E-state index contributed by atoms with van der Waals surface area (Å²) in [5.41, 5.74) is -1.69. The molecular formula is C9H12N2O4. The topological polar surface area (TPSA) is 92.4 Å². The molecular weight excluding hydrogens is 200 g/mol. The van der Waals surface area contributed by atoms with E-state index >= 15 is 0 Å². The molecule has 0 aliphatic rings. The van der Waals surface area contributed by atoms with Gasteiger partial charge < -0.3 is 10.2 Å². The lowest BCUT2D eigenvalue weighted by molar-refractivity contribution is 0.0682. The summed E-state index contributed by atoms with van der Waals surface area (Å²) in [4.78, 5) is 22.1. The maximum absolute atomic E-state index is 11.4. The second kappa shape index (κ2) is 3.38. The standard InChI is InChI=1S/C9H12N2O4/c1-9(2,3)11-6(13)4-5(12)7(10-11)8(14)15/h4,12H,1-3H3,(H,14,15). The Balaban J connectivity index is 3.51. The zero-order chi connectivity index (χ0) is 11.8. The fourth-order valence-corrected chi connectivity index (χ4v) is 1.08. The monoisotopic (exact) mass is 212 g/mol. The summed E-state index contributed by atoms with van der Waals surface area (Å²) in [6.07, 6.45) is 0. The second-order valence-corrected chi connectivity index (χ2v) is 4.10. The second-order valence-electron chi connectivity index (χ2n) is 4.10. The number of hydrogen-bond donors (Lipinski definition) is 2. The number of nitrogens with zero attached hydrogens (tertiary/aromatic N) is 2. The van der Waals surface area contributed by atoms with Crippen LogP contribution in [0.3, 0.4) is 0 Å². The predicted molar refractivity (Wildman–Crippen MR) is 52.1 cm³/mol. The lowest BCUT2D eigenvalue weighted by Crippen LogP contribution is -2.36. The molecule has 0 amide bonds. The predicted octanol–water partition coefficient (Wildman–Crippen LogP) is 0.402. The van der Waals surface area contributed by atoms with E-state index in [4.69, 9.17) is 5.11 Å². The van der Waals surface area contributed by atoms with Crippen molar-refractivity contribution in [3.05, 3.63) is 22.1 Å². The number of aromatic hydroxyl groups is 1. The Morgan fingerprint density at radius 2 is 2.00 bits per heavy atom. The molecule has 6 nitrogen and oxygen atoms in total. The molecule has 1 aromatic heterocycles. The summed E-state index contributed by atoms with van der Waals surface area (Å²) in [5.74, 6) is -1.99.